The fourth-order valence-corrected chi connectivity index (χ4v) is 3.54. The molecule has 0 saturated heterocycles. The monoisotopic (exact) mass is 300 g/mol. The Hall–Kier alpha value is -1.24. The van der Waals surface area contributed by atoms with Crippen LogP contribution in [0.3, 0.4) is 0 Å². The molecule has 0 heterocycles. The average molecular weight is 300 g/mol. The molecular formula is C21H32O. The third kappa shape index (κ3) is 4.90. The van der Waals surface area contributed by atoms with Crippen LogP contribution in [0.15, 0.2) is 41.7 Å². The fraction of sp³-hybridized carbons (Fsp3) is 0.619. The number of benzene rings is 1. The van der Waals surface area contributed by atoms with Crippen molar-refractivity contribution in [2.75, 3.05) is 6.61 Å². The van der Waals surface area contributed by atoms with E-state index in [-0.39, 0.29) is 0 Å². The number of allylic oxidation sites excluding steroid dienone is 2. The number of rotatable bonds is 5. The lowest BCUT2D eigenvalue weighted by Crippen LogP contribution is -2.24. The molecule has 1 aromatic carbocycles. The van der Waals surface area contributed by atoms with Crippen molar-refractivity contribution in [2.45, 2.75) is 66.2 Å². The van der Waals surface area contributed by atoms with Crippen molar-refractivity contribution < 1.29 is 4.74 Å². The van der Waals surface area contributed by atoms with E-state index < -0.39 is 0 Å². The van der Waals surface area contributed by atoms with E-state index >= 15 is 0 Å². The van der Waals surface area contributed by atoms with Crippen LogP contribution >= 0.6 is 0 Å². The van der Waals surface area contributed by atoms with E-state index in [9.17, 15) is 0 Å². The summed E-state index contributed by atoms with van der Waals surface area (Å²) < 4.78 is 6.00. The Morgan fingerprint density at radius 1 is 1.09 bits per heavy atom. The van der Waals surface area contributed by atoms with Gasteiger partial charge in [-0.05, 0) is 61.5 Å². The minimum absolute atomic E-state index is 0.446. The molecule has 22 heavy (non-hydrogen) atoms. The molecular weight excluding hydrogens is 268 g/mol. The maximum absolute atomic E-state index is 6.00. The highest BCUT2D eigenvalue weighted by Crippen LogP contribution is 2.40. The second-order valence-corrected chi connectivity index (χ2v) is 7.59. The summed E-state index contributed by atoms with van der Waals surface area (Å²) in [6.07, 6.45) is 7.23. The molecule has 0 aromatic heterocycles. The minimum Gasteiger partial charge on any atom is -0.498 e. The first-order valence-electron chi connectivity index (χ1n) is 8.88. The molecule has 1 fully saturated rings. The molecule has 1 nitrogen and oxygen atoms in total. The molecule has 1 saturated carbocycles. The van der Waals surface area contributed by atoms with Crippen molar-refractivity contribution in [3.05, 3.63) is 47.2 Å². The lowest BCUT2D eigenvalue weighted by molar-refractivity contribution is 0.180. The molecule has 2 rings (SSSR count). The second-order valence-electron chi connectivity index (χ2n) is 7.59. The molecule has 0 aliphatic heterocycles. The topological polar surface area (TPSA) is 9.23 Å². The molecule has 0 amide bonds. The quantitative estimate of drug-likeness (QED) is 0.593. The summed E-state index contributed by atoms with van der Waals surface area (Å²) in [6.45, 7) is 10.0. The third-order valence-corrected chi connectivity index (χ3v) is 5.01. The highest BCUT2D eigenvalue weighted by atomic mass is 16.5. The van der Waals surface area contributed by atoms with Crippen LogP contribution in [-0.2, 0) is 11.2 Å². The molecule has 1 aliphatic carbocycles. The maximum Gasteiger partial charge on any atom is 0.0954 e. The first kappa shape index (κ1) is 17.1. The Balaban J connectivity index is 1.98. The summed E-state index contributed by atoms with van der Waals surface area (Å²) in [4.78, 5) is 0. The smallest absolute Gasteiger partial charge is 0.0954 e. The van der Waals surface area contributed by atoms with Crippen LogP contribution in [0.1, 0.15) is 65.4 Å². The minimum atomic E-state index is 0.446. The lowest BCUT2D eigenvalue weighted by Gasteiger charge is -2.35. The SMILES string of the molecule is CCOC(CCc1ccccc1)=C1CCC(C(C)(C)C)CC1. The lowest BCUT2D eigenvalue weighted by atomic mass is 9.71. The summed E-state index contributed by atoms with van der Waals surface area (Å²) >= 11 is 0. The van der Waals surface area contributed by atoms with Gasteiger partial charge >= 0.3 is 0 Å². The van der Waals surface area contributed by atoms with Crippen LogP contribution in [0.4, 0.5) is 0 Å². The van der Waals surface area contributed by atoms with Crippen LogP contribution in [0.25, 0.3) is 0 Å². The number of ether oxygens (including phenoxy) is 1. The van der Waals surface area contributed by atoms with Crippen molar-refractivity contribution in [3.63, 3.8) is 0 Å². The van der Waals surface area contributed by atoms with Gasteiger partial charge in [0.25, 0.3) is 0 Å². The molecule has 0 atom stereocenters. The second kappa shape index (κ2) is 7.85. The van der Waals surface area contributed by atoms with E-state index in [2.05, 4.69) is 58.0 Å². The molecule has 0 unspecified atom stereocenters. The average Bonchev–Trinajstić information content (AvgIpc) is 2.52. The molecule has 1 aliphatic rings. The Morgan fingerprint density at radius 2 is 1.73 bits per heavy atom. The molecule has 0 spiro atoms. The number of hydrogen-bond acceptors (Lipinski definition) is 1. The van der Waals surface area contributed by atoms with Crippen LogP contribution in [0, 0.1) is 11.3 Å². The zero-order valence-electron chi connectivity index (χ0n) is 14.8. The van der Waals surface area contributed by atoms with E-state index in [1.807, 2.05) is 0 Å². The molecule has 122 valence electrons. The van der Waals surface area contributed by atoms with Gasteiger partial charge < -0.3 is 4.74 Å². The van der Waals surface area contributed by atoms with Gasteiger partial charge in [0.15, 0.2) is 0 Å². The largest absolute Gasteiger partial charge is 0.498 e. The Morgan fingerprint density at radius 3 is 2.27 bits per heavy atom. The van der Waals surface area contributed by atoms with Crippen LogP contribution in [0.5, 0.6) is 0 Å². The van der Waals surface area contributed by atoms with Crippen molar-refractivity contribution in [3.8, 4) is 0 Å². The van der Waals surface area contributed by atoms with Gasteiger partial charge in [-0.3, -0.25) is 0 Å². The van der Waals surface area contributed by atoms with Gasteiger partial charge in [-0.15, -0.1) is 0 Å². The summed E-state index contributed by atoms with van der Waals surface area (Å²) in [7, 11) is 0. The van der Waals surface area contributed by atoms with E-state index in [1.54, 1.807) is 5.57 Å². The maximum atomic E-state index is 6.00. The van der Waals surface area contributed by atoms with Crippen molar-refractivity contribution in [1.29, 1.82) is 0 Å². The first-order valence-corrected chi connectivity index (χ1v) is 8.88. The Bertz CT molecular complexity index is 468. The van der Waals surface area contributed by atoms with Gasteiger partial charge in [0.1, 0.15) is 0 Å². The van der Waals surface area contributed by atoms with Gasteiger partial charge in [-0.1, -0.05) is 51.1 Å². The van der Waals surface area contributed by atoms with Gasteiger partial charge in [0, 0.05) is 6.42 Å². The summed E-state index contributed by atoms with van der Waals surface area (Å²) in [5.41, 5.74) is 3.43. The molecule has 1 aromatic rings. The standard InChI is InChI=1S/C21H32O/c1-5-22-20(16-11-17-9-7-6-8-10-17)18-12-14-19(15-13-18)21(2,3)4/h6-10,19H,5,11-16H2,1-4H3. The van der Waals surface area contributed by atoms with Crippen LogP contribution in [0.2, 0.25) is 0 Å². The third-order valence-electron chi connectivity index (χ3n) is 5.01. The number of hydrogen-bond donors (Lipinski definition) is 0. The fourth-order valence-electron chi connectivity index (χ4n) is 3.54. The van der Waals surface area contributed by atoms with Gasteiger partial charge in [-0.25, -0.2) is 0 Å². The van der Waals surface area contributed by atoms with E-state index in [0.29, 0.717) is 5.41 Å². The van der Waals surface area contributed by atoms with Crippen molar-refractivity contribution in [1.82, 2.24) is 0 Å². The summed E-state index contributed by atoms with van der Waals surface area (Å²) in [5, 5.41) is 0. The molecule has 1 heteroatoms. The predicted molar refractivity (Wildman–Crippen MR) is 94.8 cm³/mol. The van der Waals surface area contributed by atoms with E-state index in [1.165, 1.54) is 37.0 Å². The van der Waals surface area contributed by atoms with Gasteiger partial charge in [0.2, 0.25) is 0 Å². The zero-order chi connectivity index (χ0) is 16.0. The van der Waals surface area contributed by atoms with Crippen molar-refractivity contribution >= 4 is 0 Å². The van der Waals surface area contributed by atoms with Gasteiger partial charge in [-0.2, -0.15) is 0 Å². The highest BCUT2D eigenvalue weighted by molar-refractivity contribution is 5.18. The van der Waals surface area contributed by atoms with Crippen LogP contribution in [-0.4, -0.2) is 6.61 Å². The Kier molecular flexibility index (Phi) is 6.11. The molecule has 0 N–H and O–H groups in total. The summed E-state index contributed by atoms with van der Waals surface area (Å²) in [6, 6.07) is 10.8. The zero-order valence-corrected chi connectivity index (χ0v) is 14.8. The van der Waals surface area contributed by atoms with Crippen molar-refractivity contribution in [2.24, 2.45) is 11.3 Å². The normalized spacial score (nSPS) is 19.1. The van der Waals surface area contributed by atoms with E-state index in [0.717, 1.165) is 25.4 Å². The first-order chi connectivity index (χ1) is 10.5. The predicted octanol–water partition coefficient (Wildman–Crippen LogP) is 6.15. The Labute approximate surface area is 136 Å². The van der Waals surface area contributed by atoms with Gasteiger partial charge in [0.05, 0.1) is 12.4 Å². The summed E-state index contributed by atoms with van der Waals surface area (Å²) in [5.74, 6) is 2.13. The van der Waals surface area contributed by atoms with Crippen LogP contribution < -0.4 is 0 Å². The molecule has 0 radical (unpaired) electrons. The van der Waals surface area contributed by atoms with E-state index in [4.69, 9.17) is 4.74 Å². The number of aryl methyl sites for hydroxylation is 1. The highest BCUT2D eigenvalue weighted by Gasteiger charge is 2.28. The molecule has 0 bridgehead atoms.